The lowest BCUT2D eigenvalue weighted by molar-refractivity contribution is 0.480. The Hall–Kier alpha value is -1.71. The Morgan fingerprint density at radius 2 is 1.88 bits per heavy atom. The molecule has 0 saturated carbocycles. The Labute approximate surface area is 165 Å². The fourth-order valence-electron chi connectivity index (χ4n) is 3.14. The van der Waals surface area contributed by atoms with E-state index in [2.05, 4.69) is 59.8 Å². The van der Waals surface area contributed by atoms with Crippen LogP contribution in [-0.2, 0) is 13.0 Å². The average Bonchev–Trinajstić information content (AvgIpc) is 3.11. The molecule has 26 heavy (non-hydrogen) atoms. The number of rotatable bonds is 8. The summed E-state index contributed by atoms with van der Waals surface area (Å²) in [5, 5.41) is 0.827. The topological polar surface area (TPSA) is 17.8 Å². The predicted molar refractivity (Wildman–Crippen MR) is 112 cm³/mol. The van der Waals surface area contributed by atoms with Gasteiger partial charge in [-0.1, -0.05) is 53.6 Å². The smallest absolute Gasteiger partial charge is 0.0946 e. The fraction of sp³-hybridized carbons (Fsp3) is 0.318. The van der Waals surface area contributed by atoms with Crippen LogP contribution in [0.3, 0.4) is 0 Å². The molecule has 2 nitrogen and oxygen atoms in total. The molecule has 0 aliphatic heterocycles. The normalized spacial score (nSPS) is 13.5. The van der Waals surface area contributed by atoms with Crippen LogP contribution in [0.5, 0.6) is 0 Å². The zero-order chi connectivity index (χ0) is 18.4. The number of benzene rings is 2. The fourth-order valence-corrected chi connectivity index (χ4v) is 4.70. The summed E-state index contributed by atoms with van der Waals surface area (Å²) >= 11 is 8.29. The summed E-state index contributed by atoms with van der Waals surface area (Å²) in [4.78, 5) is 5.34. The van der Waals surface area contributed by atoms with E-state index in [1.54, 1.807) is 0 Å². The summed E-state index contributed by atoms with van der Waals surface area (Å²) in [6, 6.07) is 17.0. The highest BCUT2D eigenvalue weighted by molar-refractivity contribution is 8.00. The maximum atomic E-state index is 6.42. The van der Waals surface area contributed by atoms with Crippen molar-refractivity contribution in [3.05, 3.63) is 83.4 Å². The minimum absolute atomic E-state index is 0.0520. The van der Waals surface area contributed by atoms with Gasteiger partial charge in [0, 0.05) is 28.6 Å². The highest BCUT2D eigenvalue weighted by atomic mass is 35.5. The maximum absolute atomic E-state index is 6.42. The van der Waals surface area contributed by atoms with Gasteiger partial charge in [0.25, 0.3) is 0 Å². The van der Waals surface area contributed by atoms with Crippen LogP contribution >= 0.6 is 23.4 Å². The number of aryl methyl sites for hydroxylation is 2. The zero-order valence-electron chi connectivity index (χ0n) is 15.4. The Bertz CT molecular complexity index is 814. The first-order valence-electron chi connectivity index (χ1n) is 8.99. The molecule has 0 spiro atoms. The van der Waals surface area contributed by atoms with Gasteiger partial charge in [0.2, 0.25) is 0 Å². The van der Waals surface area contributed by atoms with Crippen LogP contribution in [-0.4, -0.2) is 14.3 Å². The van der Waals surface area contributed by atoms with Crippen molar-refractivity contribution in [2.75, 3.05) is 0 Å². The van der Waals surface area contributed by atoms with Gasteiger partial charge in [-0.2, -0.15) is 0 Å². The first kappa shape index (κ1) is 19.1. The van der Waals surface area contributed by atoms with Crippen LogP contribution in [0, 0.1) is 6.92 Å². The summed E-state index contributed by atoms with van der Waals surface area (Å²) in [5.41, 5.74) is 2.72. The first-order chi connectivity index (χ1) is 12.5. The second kappa shape index (κ2) is 8.79. The molecule has 0 amide bonds. The first-order valence-corrected chi connectivity index (χ1v) is 10.2. The van der Waals surface area contributed by atoms with Gasteiger partial charge in [0.05, 0.1) is 11.3 Å². The Kier molecular flexibility index (Phi) is 6.44. The lowest BCUT2D eigenvalue weighted by Gasteiger charge is -2.30. The molecule has 0 saturated heterocycles. The average molecular weight is 385 g/mol. The number of hydrogen-bond acceptors (Lipinski definition) is 2. The molecule has 136 valence electrons. The molecule has 2 aromatic carbocycles. The van der Waals surface area contributed by atoms with E-state index in [1.807, 2.05) is 42.6 Å². The number of thioether (sulfide) groups is 1. The van der Waals surface area contributed by atoms with Gasteiger partial charge in [-0.3, -0.25) is 0 Å². The molecule has 3 aromatic rings. The van der Waals surface area contributed by atoms with E-state index >= 15 is 0 Å². The van der Waals surface area contributed by atoms with Crippen molar-refractivity contribution in [1.82, 2.24) is 9.55 Å². The summed E-state index contributed by atoms with van der Waals surface area (Å²) in [5.74, 6) is 0. The van der Waals surface area contributed by atoms with E-state index in [0.717, 1.165) is 35.7 Å². The third-order valence-corrected chi connectivity index (χ3v) is 6.40. The number of halogens is 1. The van der Waals surface area contributed by atoms with E-state index in [0.29, 0.717) is 0 Å². The van der Waals surface area contributed by atoms with Crippen LogP contribution in [0.1, 0.15) is 30.9 Å². The van der Waals surface area contributed by atoms with Crippen LogP contribution < -0.4 is 0 Å². The van der Waals surface area contributed by atoms with E-state index < -0.39 is 0 Å². The third-order valence-electron chi connectivity index (χ3n) is 4.56. The number of hydrogen-bond donors (Lipinski definition) is 0. The minimum atomic E-state index is 0.0520. The molecule has 0 aliphatic carbocycles. The van der Waals surface area contributed by atoms with Crippen molar-refractivity contribution >= 4 is 23.4 Å². The zero-order valence-corrected chi connectivity index (χ0v) is 16.9. The lowest BCUT2D eigenvalue weighted by atomic mass is 9.99. The van der Waals surface area contributed by atoms with Gasteiger partial charge in [-0.15, -0.1) is 11.8 Å². The number of aromatic nitrogens is 2. The van der Waals surface area contributed by atoms with E-state index in [9.17, 15) is 0 Å². The van der Waals surface area contributed by atoms with Crippen molar-refractivity contribution in [3.63, 3.8) is 0 Å². The summed E-state index contributed by atoms with van der Waals surface area (Å²) in [6.07, 6.45) is 9.12. The largest absolute Gasteiger partial charge is 0.336 e. The summed E-state index contributed by atoms with van der Waals surface area (Å²) in [7, 11) is 0. The molecule has 1 heterocycles. The van der Waals surface area contributed by atoms with E-state index in [4.69, 9.17) is 11.6 Å². The second-order valence-electron chi connectivity index (χ2n) is 7.06. The minimum Gasteiger partial charge on any atom is -0.336 e. The van der Waals surface area contributed by atoms with Crippen LogP contribution in [0.25, 0.3) is 0 Å². The van der Waals surface area contributed by atoms with Crippen molar-refractivity contribution in [3.8, 4) is 0 Å². The molecule has 0 aliphatic rings. The number of imidazole rings is 1. The van der Waals surface area contributed by atoms with Crippen LogP contribution in [0.15, 0.2) is 72.1 Å². The molecule has 0 bridgehead atoms. The Balaban J connectivity index is 1.69. The highest BCUT2D eigenvalue weighted by Crippen LogP contribution is 2.41. The van der Waals surface area contributed by atoms with Crippen molar-refractivity contribution in [2.24, 2.45) is 0 Å². The van der Waals surface area contributed by atoms with Gasteiger partial charge in [0.15, 0.2) is 0 Å². The van der Waals surface area contributed by atoms with Gasteiger partial charge in [-0.25, -0.2) is 4.98 Å². The van der Waals surface area contributed by atoms with Gasteiger partial charge < -0.3 is 4.57 Å². The molecular weight excluding hydrogens is 360 g/mol. The van der Waals surface area contributed by atoms with E-state index in [-0.39, 0.29) is 4.75 Å². The number of nitrogens with zero attached hydrogens (tertiary/aromatic N) is 2. The molecule has 0 fully saturated rings. The molecule has 1 atom stereocenters. The SMILES string of the molecule is Cc1ccc(CCCC(C)(Cn2ccnc2)Sc2ccccc2Cl)cc1. The van der Waals surface area contributed by atoms with Crippen molar-refractivity contribution in [2.45, 2.75) is 49.3 Å². The van der Waals surface area contributed by atoms with Crippen molar-refractivity contribution < 1.29 is 0 Å². The molecule has 3 rings (SSSR count). The standard InChI is InChI=1S/C22H25ClN2S/c1-18-9-11-19(12-10-18)6-5-13-22(2,16-25-15-14-24-17-25)26-21-8-4-3-7-20(21)23/h3-4,7-12,14-15,17H,5-6,13,16H2,1-2H3. The molecule has 1 unspecified atom stereocenters. The van der Waals surface area contributed by atoms with Crippen LogP contribution in [0.4, 0.5) is 0 Å². The van der Waals surface area contributed by atoms with Crippen LogP contribution in [0.2, 0.25) is 5.02 Å². The lowest BCUT2D eigenvalue weighted by Crippen LogP contribution is -2.27. The second-order valence-corrected chi connectivity index (χ2v) is 9.09. The van der Waals surface area contributed by atoms with Gasteiger partial charge in [-0.05, 0) is 50.8 Å². The van der Waals surface area contributed by atoms with Crippen molar-refractivity contribution in [1.29, 1.82) is 0 Å². The van der Waals surface area contributed by atoms with E-state index in [1.165, 1.54) is 11.1 Å². The molecule has 4 heteroatoms. The monoisotopic (exact) mass is 384 g/mol. The Morgan fingerprint density at radius 3 is 2.58 bits per heavy atom. The molecular formula is C22H25ClN2S. The summed E-state index contributed by atoms with van der Waals surface area (Å²) in [6.45, 7) is 5.37. The third kappa shape index (κ3) is 5.39. The predicted octanol–water partition coefficient (Wildman–Crippen LogP) is 6.42. The summed E-state index contributed by atoms with van der Waals surface area (Å²) < 4.78 is 2.21. The quantitative estimate of drug-likeness (QED) is 0.417. The van der Waals surface area contributed by atoms with Gasteiger partial charge in [0.1, 0.15) is 0 Å². The van der Waals surface area contributed by atoms with Gasteiger partial charge >= 0.3 is 0 Å². The molecule has 1 aromatic heterocycles. The maximum Gasteiger partial charge on any atom is 0.0946 e. The Morgan fingerprint density at radius 1 is 1.12 bits per heavy atom. The molecule has 0 radical (unpaired) electrons. The molecule has 0 N–H and O–H groups in total. The highest BCUT2D eigenvalue weighted by Gasteiger charge is 2.27.